The van der Waals surface area contributed by atoms with Gasteiger partial charge in [-0.05, 0) is 71.1 Å². The monoisotopic (exact) mass is 383 g/mol. The average Bonchev–Trinajstić information content (AvgIpc) is 2.98. The number of fused-ring (bicyclic) bond motifs is 2. The summed E-state index contributed by atoms with van der Waals surface area (Å²) in [6, 6.07) is 12.2. The molecule has 0 saturated carbocycles. The first-order valence-electron chi connectivity index (χ1n) is 8.09. The number of hydrogen-bond donors (Lipinski definition) is 0. The third kappa shape index (κ3) is 2.44. The Bertz CT molecular complexity index is 947. The van der Waals surface area contributed by atoms with Crippen molar-refractivity contribution in [1.82, 2.24) is 14.5 Å². The molecule has 3 heterocycles. The van der Waals surface area contributed by atoms with Gasteiger partial charge in [0, 0.05) is 17.2 Å². The zero-order valence-corrected chi connectivity index (χ0v) is 15.2. The number of amides is 1. The summed E-state index contributed by atoms with van der Waals surface area (Å²) in [5.74, 6) is -0.00511. The summed E-state index contributed by atoms with van der Waals surface area (Å²) in [5, 5.41) is 4.45. The zero-order chi connectivity index (χ0) is 16.8. The molecular formula is C19H18BrN3O. The molecule has 0 spiro atoms. The molecular weight excluding hydrogens is 366 g/mol. The summed E-state index contributed by atoms with van der Waals surface area (Å²) in [5.41, 5.74) is 5.36. The molecule has 0 N–H and O–H groups in total. The predicted octanol–water partition coefficient (Wildman–Crippen LogP) is 4.16. The van der Waals surface area contributed by atoms with Gasteiger partial charge in [0.2, 0.25) is 0 Å². The van der Waals surface area contributed by atoms with Crippen LogP contribution >= 0.6 is 15.9 Å². The van der Waals surface area contributed by atoms with Crippen molar-refractivity contribution in [3.8, 4) is 0 Å². The van der Waals surface area contributed by atoms with Crippen molar-refractivity contribution >= 4 is 27.4 Å². The normalized spacial score (nSPS) is 17.1. The first-order valence-corrected chi connectivity index (χ1v) is 8.88. The van der Waals surface area contributed by atoms with Crippen molar-refractivity contribution in [2.24, 2.45) is 0 Å². The fraction of sp³-hybridized carbons (Fsp3) is 0.263. The Morgan fingerprint density at radius 3 is 2.96 bits per heavy atom. The van der Waals surface area contributed by atoms with E-state index in [1.165, 1.54) is 16.7 Å². The van der Waals surface area contributed by atoms with Gasteiger partial charge in [-0.25, -0.2) is 4.52 Å². The molecule has 4 rings (SSSR count). The number of benzene rings is 1. The van der Waals surface area contributed by atoms with Gasteiger partial charge in [-0.15, -0.1) is 0 Å². The Morgan fingerprint density at radius 1 is 1.29 bits per heavy atom. The Hall–Kier alpha value is -2.14. The van der Waals surface area contributed by atoms with Crippen LogP contribution in [0.2, 0.25) is 0 Å². The Labute approximate surface area is 149 Å². The number of halogens is 1. The minimum atomic E-state index is -0.00511. The van der Waals surface area contributed by atoms with Crippen molar-refractivity contribution in [3.05, 3.63) is 69.5 Å². The molecule has 0 fully saturated rings. The lowest BCUT2D eigenvalue weighted by Crippen LogP contribution is -2.39. The quantitative estimate of drug-likeness (QED) is 0.632. The van der Waals surface area contributed by atoms with E-state index >= 15 is 0 Å². The number of pyridine rings is 1. The maximum Gasteiger partial charge on any atom is 0.274 e. The molecule has 3 aromatic rings. The van der Waals surface area contributed by atoms with Crippen LogP contribution in [-0.4, -0.2) is 27.0 Å². The third-order valence-corrected chi connectivity index (χ3v) is 5.34. The lowest BCUT2D eigenvalue weighted by atomic mass is 9.90. The lowest BCUT2D eigenvalue weighted by Gasteiger charge is -2.35. The Morgan fingerprint density at radius 2 is 2.12 bits per heavy atom. The van der Waals surface area contributed by atoms with E-state index in [4.69, 9.17) is 0 Å². The van der Waals surface area contributed by atoms with E-state index in [1.54, 1.807) is 4.52 Å². The van der Waals surface area contributed by atoms with Crippen LogP contribution in [0.25, 0.3) is 5.52 Å². The molecule has 1 aliphatic rings. The van der Waals surface area contributed by atoms with Gasteiger partial charge < -0.3 is 4.90 Å². The fourth-order valence-electron chi connectivity index (χ4n) is 3.54. The summed E-state index contributed by atoms with van der Waals surface area (Å²) in [7, 11) is 0. The summed E-state index contributed by atoms with van der Waals surface area (Å²) in [6.45, 7) is 4.97. The second-order valence-corrected chi connectivity index (χ2v) is 7.23. The van der Waals surface area contributed by atoms with Gasteiger partial charge in [0.05, 0.1) is 11.6 Å². The highest BCUT2D eigenvalue weighted by Gasteiger charge is 2.30. The lowest BCUT2D eigenvalue weighted by molar-refractivity contribution is 0.0671. The number of rotatable bonds is 1. The van der Waals surface area contributed by atoms with E-state index in [0.29, 0.717) is 5.69 Å². The van der Waals surface area contributed by atoms with Crippen molar-refractivity contribution in [1.29, 1.82) is 0 Å². The maximum atomic E-state index is 13.0. The summed E-state index contributed by atoms with van der Waals surface area (Å²) in [6.07, 6.45) is 2.77. The molecule has 1 amide bonds. The molecule has 1 atom stereocenters. The largest absolute Gasteiger partial charge is 0.330 e. The molecule has 2 aromatic heterocycles. The smallest absolute Gasteiger partial charge is 0.274 e. The van der Waals surface area contributed by atoms with Crippen LogP contribution in [0.5, 0.6) is 0 Å². The minimum absolute atomic E-state index is 0.00511. The number of aromatic nitrogens is 2. The van der Waals surface area contributed by atoms with Crippen LogP contribution in [0.15, 0.2) is 47.1 Å². The first-order chi connectivity index (χ1) is 11.5. The van der Waals surface area contributed by atoms with E-state index < -0.39 is 0 Å². The van der Waals surface area contributed by atoms with Crippen LogP contribution in [0.4, 0.5) is 0 Å². The van der Waals surface area contributed by atoms with E-state index in [9.17, 15) is 4.79 Å². The Balaban J connectivity index is 1.69. The molecule has 0 bridgehead atoms. The fourth-order valence-corrected chi connectivity index (χ4v) is 3.87. The van der Waals surface area contributed by atoms with E-state index in [-0.39, 0.29) is 11.9 Å². The van der Waals surface area contributed by atoms with Gasteiger partial charge >= 0.3 is 0 Å². The summed E-state index contributed by atoms with van der Waals surface area (Å²) in [4.78, 5) is 14.9. The molecule has 0 aliphatic carbocycles. The van der Waals surface area contributed by atoms with Crippen LogP contribution in [0.1, 0.15) is 40.1 Å². The molecule has 5 heteroatoms. The average molecular weight is 384 g/mol. The second kappa shape index (κ2) is 5.74. The third-order valence-electron chi connectivity index (χ3n) is 4.87. The van der Waals surface area contributed by atoms with E-state index in [1.807, 2.05) is 29.3 Å². The summed E-state index contributed by atoms with van der Waals surface area (Å²) >= 11 is 3.43. The highest BCUT2D eigenvalue weighted by atomic mass is 79.9. The molecule has 24 heavy (non-hydrogen) atoms. The SMILES string of the molecule is Cc1cccc2c1CCN(C(=O)c1cc3ccc(Br)cn3n1)C2C. The molecule has 0 saturated heterocycles. The first kappa shape index (κ1) is 15.4. The molecule has 1 aromatic carbocycles. The Kier molecular flexibility index (Phi) is 3.68. The van der Waals surface area contributed by atoms with Gasteiger partial charge in [-0.1, -0.05) is 18.2 Å². The van der Waals surface area contributed by atoms with Gasteiger partial charge in [0.1, 0.15) is 0 Å². The highest BCUT2D eigenvalue weighted by molar-refractivity contribution is 9.10. The minimum Gasteiger partial charge on any atom is -0.330 e. The van der Waals surface area contributed by atoms with Crippen molar-refractivity contribution in [2.75, 3.05) is 6.54 Å². The van der Waals surface area contributed by atoms with Crippen LogP contribution in [-0.2, 0) is 6.42 Å². The van der Waals surface area contributed by atoms with Crippen LogP contribution < -0.4 is 0 Å². The van der Waals surface area contributed by atoms with Crippen molar-refractivity contribution < 1.29 is 4.79 Å². The summed E-state index contributed by atoms with van der Waals surface area (Å²) < 4.78 is 2.68. The number of carbonyl (C=O) groups excluding carboxylic acids is 1. The zero-order valence-electron chi connectivity index (χ0n) is 13.7. The number of carbonyl (C=O) groups is 1. The second-order valence-electron chi connectivity index (χ2n) is 6.31. The predicted molar refractivity (Wildman–Crippen MR) is 97.2 cm³/mol. The molecule has 0 radical (unpaired) electrons. The standard InChI is InChI=1S/C19H18BrN3O/c1-12-4-3-5-17-13(2)22(9-8-16(12)17)19(24)18-10-15-7-6-14(20)11-23(15)21-18/h3-7,10-11,13H,8-9H2,1-2H3. The molecule has 1 aliphatic heterocycles. The number of aryl methyl sites for hydroxylation is 1. The highest BCUT2D eigenvalue weighted by Crippen LogP contribution is 2.32. The van der Waals surface area contributed by atoms with Crippen LogP contribution in [0.3, 0.4) is 0 Å². The van der Waals surface area contributed by atoms with Crippen molar-refractivity contribution in [2.45, 2.75) is 26.3 Å². The number of hydrogen-bond acceptors (Lipinski definition) is 2. The van der Waals surface area contributed by atoms with E-state index in [0.717, 1.165) is 23.0 Å². The molecule has 4 nitrogen and oxygen atoms in total. The van der Waals surface area contributed by atoms with Gasteiger partial charge in [-0.2, -0.15) is 5.10 Å². The molecule has 122 valence electrons. The topological polar surface area (TPSA) is 37.6 Å². The van der Waals surface area contributed by atoms with Crippen LogP contribution in [0, 0.1) is 6.92 Å². The van der Waals surface area contributed by atoms with E-state index in [2.05, 4.69) is 53.1 Å². The molecule has 1 unspecified atom stereocenters. The van der Waals surface area contributed by atoms with Gasteiger partial charge in [-0.3, -0.25) is 4.79 Å². The van der Waals surface area contributed by atoms with Gasteiger partial charge in [0.25, 0.3) is 5.91 Å². The van der Waals surface area contributed by atoms with Gasteiger partial charge in [0.15, 0.2) is 5.69 Å². The maximum absolute atomic E-state index is 13.0. The number of nitrogens with zero attached hydrogens (tertiary/aromatic N) is 3. The van der Waals surface area contributed by atoms with Crippen molar-refractivity contribution in [3.63, 3.8) is 0 Å².